The highest BCUT2D eigenvalue weighted by Crippen LogP contribution is 2.23. The normalized spacial score (nSPS) is 20.8. The van der Waals surface area contributed by atoms with Crippen molar-refractivity contribution in [2.24, 2.45) is 11.8 Å². The van der Waals surface area contributed by atoms with Crippen molar-refractivity contribution in [2.75, 3.05) is 13.1 Å². The number of hydrogen-bond acceptors (Lipinski definition) is 2. The summed E-state index contributed by atoms with van der Waals surface area (Å²) in [6.45, 7) is 11.0. The van der Waals surface area contributed by atoms with E-state index in [2.05, 4.69) is 41.8 Å². The van der Waals surface area contributed by atoms with Crippen LogP contribution in [0.2, 0.25) is 0 Å². The fourth-order valence-electron chi connectivity index (χ4n) is 3.77. The van der Waals surface area contributed by atoms with Crippen LogP contribution in [0.25, 0.3) is 0 Å². The first-order valence-electron chi connectivity index (χ1n) is 8.93. The quantitative estimate of drug-likeness (QED) is 0.759. The van der Waals surface area contributed by atoms with Gasteiger partial charge in [-0.25, -0.2) is 0 Å². The molecule has 0 aliphatic carbocycles. The molecule has 2 aromatic rings. The van der Waals surface area contributed by atoms with Crippen LogP contribution >= 0.6 is 15.9 Å². The summed E-state index contributed by atoms with van der Waals surface area (Å²) in [5.74, 6) is 1.31. The zero-order valence-corrected chi connectivity index (χ0v) is 17.0. The molecule has 0 N–H and O–H groups in total. The minimum Gasteiger partial charge on any atom is -0.338 e. The standard InChI is InChI=1S/C20H26BrN3O/c1-13-9-14(2)11-23(10-13)20(25)18-7-5-17(6-8-18)12-24-16(4)19(21)15(3)22-24/h5-8,13-14H,9-12H2,1-4H3. The second-order valence-corrected chi connectivity index (χ2v) is 8.29. The molecule has 1 saturated heterocycles. The number of carbonyl (C=O) groups excluding carboxylic acids is 1. The predicted octanol–water partition coefficient (Wildman–Crippen LogP) is 4.43. The third-order valence-corrected chi connectivity index (χ3v) is 6.13. The van der Waals surface area contributed by atoms with Crippen molar-refractivity contribution in [3.05, 3.63) is 51.3 Å². The van der Waals surface area contributed by atoms with E-state index in [4.69, 9.17) is 0 Å². The number of carbonyl (C=O) groups is 1. The monoisotopic (exact) mass is 403 g/mol. The molecule has 2 heterocycles. The van der Waals surface area contributed by atoms with Gasteiger partial charge in [0.25, 0.3) is 5.91 Å². The lowest BCUT2D eigenvalue weighted by Crippen LogP contribution is -2.42. The van der Waals surface area contributed by atoms with E-state index in [0.29, 0.717) is 18.4 Å². The highest BCUT2D eigenvalue weighted by Gasteiger charge is 2.26. The van der Waals surface area contributed by atoms with Gasteiger partial charge in [-0.15, -0.1) is 0 Å². The van der Waals surface area contributed by atoms with Gasteiger partial charge in [0.15, 0.2) is 0 Å². The van der Waals surface area contributed by atoms with Gasteiger partial charge >= 0.3 is 0 Å². The van der Waals surface area contributed by atoms with Gasteiger partial charge in [0.1, 0.15) is 0 Å². The Morgan fingerprint density at radius 3 is 2.28 bits per heavy atom. The van der Waals surface area contributed by atoms with Crippen LogP contribution in [0.15, 0.2) is 28.7 Å². The molecule has 0 saturated carbocycles. The lowest BCUT2D eigenvalue weighted by molar-refractivity contribution is 0.0623. The first kappa shape index (κ1) is 18.2. The van der Waals surface area contributed by atoms with Crippen molar-refractivity contribution in [1.29, 1.82) is 0 Å². The summed E-state index contributed by atoms with van der Waals surface area (Å²) in [6, 6.07) is 7.97. The summed E-state index contributed by atoms with van der Waals surface area (Å²) in [7, 11) is 0. The van der Waals surface area contributed by atoms with E-state index in [0.717, 1.165) is 40.1 Å². The molecule has 2 unspecified atom stereocenters. The number of halogens is 1. The Bertz CT molecular complexity index is 756. The molecule has 1 aliphatic rings. The summed E-state index contributed by atoms with van der Waals surface area (Å²) < 4.78 is 3.05. The Labute approximate surface area is 158 Å². The summed E-state index contributed by atoms with van der Waals surface area (Å²) in [4.78, 5) is 14.8. The number of rotatable bonds is 3. The third-order valence-electron chi connectivity index (χ3n) is 4.98. The van der Waals surface area contributed by atoms with Gasteiger partial charge in [-0.05, 0) is 65.7 Å². The number of piperidine rings is 1. The van der Waals surface area contributed by atoms with Crippen LogP contribution in [-0.2, 0) is 6.54 Å². The number of nitrogens with zero attached hydrogens (tertiary/aromatic N) is 3. The average molecular weight is 404 g/mol. The van der Waals surface area contributed by atoms with E-state index in [1.807, 2.05) is 40.8 Å². The molecule has 25 heavy (non-hydrogen) atoms. The van der Waals surface area contributed by atoms with Gasteiger partial charge in [0.05, 0.1) is 22.4 Å². The fraction of sp³-hybridized carbons (Fsp3) is 0.500. The Morgan fingerprint density at radius 1 is 1.16 bits per heavy atom. The lowest BCUT2D eigenvalue weighted by Gasteiger charge is -2.35. The van der Waals surface area contributed by atoms with E-state index in [1.165, 1.54) is 6.42 Å². The minimum atomic E-state index is 0.152. The van der Waals surface area contributed by atoms with Crippen molar-refractivity contribution in [1.82, 2.24) is 14.7 Å². The number of aromatic nitrogens is 2. The summed E-state index contributed by atoms with van der Waals surface area (Å²) in [6.07, 6.45) is 1.21. The molecule has 1 aromatic carbocycles. The van der Waals surface area contributed by atoms with E-state index in [1.54, 1.807) is 0 Å². The zero-order valence-electron chi connectivity index (χ0n) is 15.4. The first-order chi connectivity index (χ1) is 11.8. The molecular formula is C20H26BrN3O. The Balaban J connectivity index is 1.71. The first-order valence-corrected chi connectivity index (χ1v) is 9.72. The molecule has 134 valence electrons. The molecule has 0 spiro atoms. The second-order valence-electron chi connectivity index (χ2n) is 7.50. The van der Waals surface area contributed by atoms with Crippen LogP contribution in [0.3, 0.4) is 0 Å². The van der Waals surface area contributed by atoms with Crippen LogP contribution in [0.1, 0.15) is 47.6 Å². The maximum atomic E-state index is 12.8. The number of hydrogen-bond donors (Lipinski definition) is 0. The highest BCUT2D eigenvalue weighted by molar-refractivity contribution is 9.10. The predicted molar refractivity (Wildman–Crippen MR) is 104 cm³/mol. The third kappa shape index (κ3) is 3.97. The molecule has 1 fully saturated rings. The number of amides is 1. The molecule has 3 rings (SSSR count). The summed E-state index contributed by atoms with van der Waals surface area (Å²) in [5.41, 5.74) is 4.04. The second kappa shape index (κ2) is 7.32. The van der Waals surface area contributed by atoms with E-state index >= 15 is 0 Å². The summed E-state index contributed by atoms with van der Waals surface area (Å²) >= 11 is 3.56. The van der Waals surface area contributed by atoms with Gasteiger partial charge in [-0.3, -0.25) is 9.48 Å². The van der Waals surface area contributed by atoms with Gasteiger partial charge in [-0.2, -0.15) is 5.10 Å². The van der Waals surface area contributed by atoms with Crippen LogP contribution in [-0.4, -0.2) is 33.7 Å². The molecule has 1 amide bonds. The number of benzene rings is 1. The number of likely N-dealkylation sites (tertiary alicyclic amines) is 1. The van der Waals surface area contributed by atoms with Gasteiger partial charge in [0, 0.05) is 18.7 Å². The molecule has 0 radical (unpaired) electrons. The molecule has 1 aliphatic heterocycles. The highest BCUT2D eigenvalue weighted by atomic mass is 79.9. The minimum absolute atomic E-state index is 0.152. The number of aryl methyl sites for hydroxylation is 1. The van der Waals surface area contributed by atoms with E-state index < -0.39 is 0 Å². The largest absolute Gasteiger partial charge is 0.338 e. The molecule has 5 heteroatoms. The van der Waals surface area contributed by atoms with Crippen molar-refractivity contribution in [2.45, 2.75) is 40.7 Å². The van der Waals surface area contributed by atoms with Crippen molar-refractivity contribution < 1.29 is 4.79 Å². The molecule has 2 atom stereocenters. The fourth-order valence-corrected chi connectivity index (χ4v) is 4.05. The molecule has 0 bridgehead atoms. The van der Waals surface area contributed by atoms with Crippen molar-refractivity contribution >= 4 is 21.8 Å². The smallest absolute Gasteiger partial charge is 0.253 e. The van der Waals surface area contributed by atoms with Crippen LogP contribution in [0.4, 0.5) is 0 Å². The average Bonchev–Trinajstić information content (AvgIpc) is 2.81. The van der Waals surface area contributed by atoms with Gasteiger partial charge in [-0.1, -0.05) is 26.0 Å². The maximum Gasteiger partial charge on any atom is 0.253 e. The zero-order chi connectivity index (χ0) is 18.1. The topological polar surface area (TPSA) is 38.1 Å². The Morgan fingerprint density at radius 2 is 1.76 bits per heavy atom. The SMILES string of the molecule is Cc1nn(Cc2ccc(C(=O)N3CC(C)CC(C)C3)cc2)c(C)c1Br. The summed E-state index contributed by atoms with van der Waals surface area (Å²) in [5, 5.41) is 4.55. The Hall–Kier alpha value is -1.62. The molecular weight excluding hydrogens is 378 g/mol. The molecule has 4 nitrogen and oxygen atoms in total. The van der Waals surface area contributed by atoms with Crippen molar-refractivity contribution in [3.63, 3.8) is 0 Å². The van der Waals surface area contributed by atoms with Gasteiger partial charge in [0.2, 0.25) is 0 Å². The van der Waals surface area contributed by atoms with Crippen LogP contribution < -0.4 is 0 Å². The molecule has 1 aromatic heterocycles. The Kier molecular flexibility index (Phi) is 5.32. The van der Waals surface area contributed by atoms with Gasteiger partial charge < -0.3 is 4.90 Å². The van der Waals surface area contributed by atoms with E-state index in [-0.39, 0.29) is 5.91 Å². The van der Waals surface area contributed by atoms with Crippen LogP contribution in [0.5, 0.6) is 0 Å². The van der Waals surface area contributed by atoms with Crippen molar-refractivity contribution in [3.8, 4) is 0 Å². The van der Waals surface area contributed by atoms with Crippen LogP contribution in [0, 0.1) is 25.7 Å². The van der Waals surface area contributed by atoms with E-state index in [9.17, 15) is 4.79 Å². The maximum absolute atomic E-state index is 12.8. The lowest BCUT2D eigenvalue weighted by atomic mass is 9.91.